The maximum absolute atomic E-state index is 12.8. The number of allylic oxidation sites excluding steroid dienone is 20. The Labute approximate surface area is 549 Å². The molecule has 0 aromatic rings. The Bertz CT molecular complexity index is 1880. The van der Waals surface area contributed by atoms with Crippen molar-refractivity contribution in [1.29, 1.82) is 0 Å². The molecule has 0 amide bonds. The monoisotopic (exact) mass is 1260 g/mol. The molecule has 0 bridgehead atoms. The highest BCUT2D eigenvalue weighted by Crippen LogP contribution is 2.43. The van der Waals surface area contributed by atoms with Crippen LogP contribution in [0.5, 0.6) is 0 Å². The normalized spacial score (nSPS) is 13.6. The van der Waals surface area contributed by atoms with Crippen LogP contribution in [0.4, 0.5) is 0 Å². The second-order valence-electron chi connectivity index (χ2n) is 24.4. The Hall–Kier alpha value is -3.59. The van der Waals surface area contributed by atoms with E-state index in [1.165, 1.54) is 199 Å². The van der Waals surface area contributed by atoms with Crippen LogP contribution in [0.1, 0.15) is 335 Å². The summed E-state index contributed by atoms with van der Waals surface area (Å²) in [6.07, 6.45) is 103. The first kappa shape index (κ1) is 85.4. The van der Waals surface area contributed by atoms with Crippen LogP contribution in [0.3, 0.4) is 0 Å². The maximum Gasteiger partial charge on any atom is 0.472 e. The van der Waals surface area contributed by atoms with Crippen LogP contribution in [0, 0.1) is 0 Å². The molecule has 9 nitrogen and oxygen atoms in total. The average molecular weight is 1260 g/mol. The first-order chi connectivity index (χ1) is 43.8. The van der Waals surface area contributed by atoms with Crippen LogP contribution in [0.2, 0.25) is 0 Å². The minimum Gasteiger partial charge on any atom is -0.462 e. The molecule has 0 heterocycles. The topological polar surface area (TPSA) is 134 Å². The van der Waals surface area contributed by atoms with Gasteiger partial charge >= 0.3 is 19.8 Å². The van der Waals surface area contributed by atoms with E-state index in [9.17, 15) is 19.0 Å². The van der Waals surface area contributed by atoms with E-state index in [-0.39, 0.29) is 38.6 Å². The number of carbonyl (C=O) groups excluding carboxylic acids is 2. The third-order valence-corrected chi connectivity index (χ3v) is 16.8. The summed E-state index contributed by atoms with van der Waals surface area (Å²) in [5.74, 6) is -0.818. The molecule has 512 valence electrons. The zero-order valence-electron chi connectivity index (χ0n) is 57.6. The van der Waals surface area contributed by atoms with E-state index in [0.717, 1.165) is 103 Å². The summed E-state index contributed by atoms with van der Waals surface area (Å²) in [6, 6.07) is 0. The Morgan fingerprint density at radius 2 is 0.584 bits per heavy atom. The third kappa shape index (κ3) is 73.3. The maximum atomic E-state index is 12.8. The molecule has 0 aromatic heterocycles. The molecule has 0 aliphatic heterocycles. The Morgan fingerprint density at radius 1 is 0.337 bits per heavy atom. The minimum atomic E-state index is -4.40. The van der Waals surface area contributed by atoms with Crippen molar-refractivity contribution in [2.24, 2.45) is 5.73 Å². The van der Waals surface area contributed by atoms with Crippen LogP contribution in [0.25, 0.3) is 0 Å². The van der Waals surface area contributed by atoms with Crippen molar-refractivity contribution in [3.63, 3.8) is 0 Å². The third-order valence-electron chi connectivity index (χ3n) is 15.8. The first-order valence-electron chi connectivity index (χ1n) is 37.0. The van der Waals surface area contributed by atoms with Crippen molar-refractivity contribution in [2.75, 3.05) is 26.4 Å². The van der Waals surface area contributed by atoms with Gasteiger partial charge in [0.1, 0.15) is 6.61 Å². The van der Waals surface area contributed by atoms with E-state index in [1.807, 2.05) is 0 Å². The summed E-state index contributed by atoms with van der Waals surface area (Å²) in [6.45, 7) is 3.55. The Morgan fingerprint density at radius 3 is 0.865 bits per heavy atom. The molecule has 3 N–H and O–H groups in total. The van der Waals surface area contributed by atoms with Crippen molar-refractivity contribution in [2.45, 2.75) is 341 Å². The van der Waals surface area contributed by atoms with E-state index in [1.54, 1.807) is 0 Å². The summed E-state index contributed by atoms with van der Waals surface area (Å²) in [5.41, 5.74) is 5.41. The van der Waals surface area contributed by atoms with Crippen molar-refractivity contribution < 1.29 is 37.6 Å². The number of unbranched alkanes of at least 4 members (excludes halogenated alkanes) is 36. The zero-order valence-corrected chi connectivity index (χ0v) is 58.5. The molecule has 0 aromatic carbocycles. The molecular formula is C79H138NO8P. The van der Waals surface area contributed by atoms with Crippen molar-refractivity contribution >= 4 is 19.8 Å². The van der Waals surface area contributed by atoms with Gasteiger partial charge in [-0.1, -0.05) is 341 Å². The fraction of sp³-hybridized carbons (Fsp3) is 0.722. The minimum absolute atomic E-state index is 0.0513. The van der Waals surface area contributed by atoms with Gasteiger partial charge in [0.25, 0.3) is 0 Å². The number of carbonyl (C=O) groups is 2. The molecule has 0 saturated carbocycles. The summed E-state index contributed by atoms with van der Waals surface area (Å²) >= 11 is 0. The van der Waals surface area contributed by atoms with Gasteiger partial charge in [0.15, 0.2) is 6.10 Å². The van der Waals surface area contributed by atoms with Gasteiger partial charge in [-0.15, -0.1) is 0 Å². The standard InChI is InChI=1S/C79H138NO8P/c1-3-5-7-9-11-13-15-17-19-21-23-25-27-29-31-32-33-34-35-36-37-38-39-40-41-42-43-44-46-48-50-52-54-56-58-60-62-64-66-68-70-72-79(82)88-77(76-87-89(83,84)86-74-73-80)75-85-78(81)71-69-67-65-63-61-59-57-55-53-51-49-47-45-30-28-26-24-22-20-18-16-14-12-10-8-6-4-2/h5-8,11-14,17-20,23-26,29,31,33-34,77H,3-4,9-10,15-16,21-22,27-28,30,32,35-76,80H2,1-2H3,(H,83,84)/b7-5-,8-6-,13-11-,14-12-,19-17-,20-18-,25-23-,26-24-,31-29-,34-33-. The molecule has 0 radical (unpaired) electrons. The van der Waals surface area contributed by atoms with Crippen LogP contribution < -0.4 is 5.73 Å². The lowest BCUT2D eigenvalue weighted by Gasteiger charge is -2.19. The molecule has 0 saturated heterocycles. The largest absolute Gasteiger partial charge is 0.472 e. The predicted octanol–water partition coefficient (Wildman–Crippen LogP) is 24.6. The number of ether oxygens (including phenoxy) is 2. The van der Waals surface area contributed by atoms with E-state index in [0.29, 0.717) is 6.42 Å². The number of rotatable bonds is 69. The number of nitrogens with two attached hydrogens (primary N) is 1. The lowest BCUT2D eigenvalue weighted by atomic mass is 10.0. The van der Waals surface area contributed by atoms with Crippen molar-refractivity contribution in [3.05, 3.63) is 122 Å². The Kier molecular flexibility index (Phi) is 70.5. The van der Waals surface area contributed by atoms with Gasteiger partial charge in [0.2, 0.25) is 0 Å². The highest BCUT2D eigenvalue weighted by atomic mass is 31.2. The molecule has 2 unspecified atom stereocenters. The number of phosphoric acid groups is 1. The molecule has 0 aliphatic rings. The fourth-order valence-electron chi connectivity index (χ4n) is 10.5. The van der Waals surface area contributed by atoms with Crippen molar-refractivity contribution in [3.8, 4) is 0 Å². The fourth-order valence-corrected chi connectivity index (χ4v) is 11.2. The second kappa shape index (κ2) is 73.5. The van der Waals surface area contributed by atoms with Gasteiger partial charge in [0, 0.05) is 19.4 Å². The molecule has 0 fully saturated rings. The molecule has 0 aliphatic carbocycles. The molecular weight excluding hydrogens is 1120 g/mol. The smallest absolute Gasteiger partial charge is 0.462 e. The SMILES string of the molecule is CC/C=C\C/C=C\C/C=C\C/C=C\C/C=C\C/C=C\CCCCCCCCCCCCCCCCCCCCCCCCC(=O)OC(COC(=O)CCCCCCCCCCCCCCCC/C=C\C/C=C\C/C=C\C/C=C\CC)COP(=O)(O)OCCN. The van der Waals surface area contributed by atoms with Gasteiger partial charge in [-0.05, 0) is 103 Å². The molecule has 2 atom stereocenters. The summed E-state index contributed by atoms with van der Waals surface area (Å²) < 4.78 is 33.2. The quantitative estimate of drug-likeness (QED) is 0.0264. The van der Waals surface area contributed by atoms with Crippen LogP contribution in [-0.2, 0) is 32.7 Å². The summed E-state index contributed by atoms with van der Waals surface area (Å²) in [5, 5.41) is 0. The second-order valence-corrected chi connectivity index (χ2v) is 25.9. The van der Waals surface area contributed by atoms with Gasteiger partial charge in [0.05, 0.1) is 13.2 Å². The molecule has 10 heteroatoms. The summed E-state index contributed by atoms with van der Waals surface area (Å²) in [7, 11) is -4.40. The Balaban J connectivity index is 3.81. The first-order valence-corrected chi connectivity index (χ1v) is 38.5. The number of phosphoric ester groups is 1. The van der Waals surface area contributed by atoms with Gasteiger partial charge in [-0.3, -0.25) is 18.6 Å². The van der Waals surface area contributed by atoms with E-state index >= 15 is 0 Å². The number of hydrogen-bond donors (Lipinski definition) is 2. The highest BCUT2D eigenvalue weighted by molar-refractivity contribution is 7.47. The van der Waals surface area contributed by atoms with E-state index in [2.05, 4.69) is 135 Å². The van der Waals surface area contributed by atoms with E-state index < -0.39 is 26.5 Å². The zero-order chi connectivity index (χ0) is 64.4. The van der Waals surface area contributed by atoms with Gasteiger partial charge in [-0.25, -0.2) is 4.57 Å². The van der Waals surface area contributed by atoms with Gasteiger partial charge < -0.3 is 20.1 Å². The number of hydrogen-bond acceptors (Lipinski definition) is 8. The van der Waals surface area contributed by atoms with E-state index in [4.69, 9.17) is 24.3 Å². The van der Waals surface area contributed by atoms with Crippen LogP contribution >= 0.6 is 7.82 Å². The van der Waals surface area contributed by atoms with Gasteiger partial charge in [-0.2, -0.15) is 0 Å². The molecule has 89 heavy (non-hydrogen) atoms. The van der Waals surface area contributed by atoms with Crippen molar-refractivity contribution in [1.82, 2.24) is 0 Å². The molecule has 0 spiro atoms. The van der Waals surface area contributed by atoms with Crippen LogP contribution in [0.15, 0.2) is 122 Å². The lowest BCUT2D eigenvalue weighted by Crippen LogP contribution is -2.29. The lowest BCUT2D eigenvalue weighted by molar-refractivity contribution is -0.161. The highest BCUT2D eigenvalue weighted by Gasteiger charge is 2.26. The predicted molar refractivity (Wildman–Crippen MR) is 385 cm³/mol. The summed E-state index contributed by atoms with van der Waals surface area (Å²) in [4.78, 5) is 35.4. The number of esters is 2. The van der Waals surface area contributed by atoms with Crippen LogP contribution in [-0.4, -0.2) is 49.3 Å². The average Bonchev–Trinajstić information content (AvgIpc) is 3.58. The molecule has 0 rings (SSSR count).